The highest BCUT2D eigenvalue weighted by Crippen LogP contribution is 2.25. The van der Waals surface area contributed by atoms with Crippen molar-refractivity contribution in [3.63, 3.8) is 0 Å². The fourth-order valence-corrected chi connectivity index (χ4v) is 1.91. The van der Waals surface area contributed by atoms with Gasteiger partial charge in [-0.05, 0) is 25.2 Å². The van der Waals surface area contributed by atoms with Gasteiger partial charge in [0.05, 0.1) is 0 Å². The second kappa shape index (κ2) is 5.00. The molecule has 1 fully saturated rings. The van der Waals surface area contributed by atoms with Crippen LogP contribution in [-0.2, 0) is 4.79 Å². The van der Waals surface area contributed by atoms with Gasteiger partial charge in [-0.2, -0.15) is 0 Å². The Bertz CT molecular complexity index is 211. The van der Waals surface area contributed by atoms with Gasteiger partial charge in [-0.15, -0.1) is 0 Å². The van der Waals surface area contributed by atoms with E-state index in [0.717, 1.165) is 12.8 Å². The molecule has 0 aromatic carbocycles. The second-order valence-corrected chi connectivity index (χ2v) is 5.93. The molecule has 0 aliphatic heterocycles. The summed E-state index contributed by atoms with van der Waals surface area (Å²) in [7, 11) is 0. The van der Waals surface area contributed by atoms with Crippen LogP contribution < -0.4 is 5.32 Å². The van der Waals surface area contributed by atoms with Crippen molar-refractivity contribution in [2.24, 2.45) is 11.3 Å². The zero-order chi connectivity index (χ0) is 11.5. The SMILES string of the molecule is C[C@H](NC(=O)C1CCCCC1)C(C)(C)C. The van der Waals surface area contributed by atoms with Crippen LogP contribution >= 0.6 is 0 Å². The number of nitrogens with one attached hydrogen (secondary N) is 1. The summed E-state index contributed by atoms with van der Waals surface area (Å²) >= 11 is 0. The molecule has 0 aromatic rings. The van der Waals surface area contributed by atoms with Crippen LogP contribution in [0.4, 0.5) is 0 Å². The van der Waals surface area contributed by atoms with Crippen molar-refractivity contribution in [3.8, 4) is 0 Å². The molecule has 0 aromatic heterocycles. The maximum atomic E-state index is 11.9. The maximum Gasteiger partial charge on any atom is 0.223 e. The third-order valence-electron chi connectivity index (χ3n) is 3.63. The molecule has 2 heteroatoms. The second-order valence-electron chi connectivity index (χ2n) is 5.93. The zero-order valence-electron chi connectivity index (χ0n) is 10.6. The highest BCUT2D eigenvalue weighted by molar-refractivity contribution is 5.79. The molecule has 1 amide bonds. The van der Waals surface area contributed by atoms with Crippen LogP contribution in [0.3, 0.4) is 0 Å². The third-order valence-corrected chi connectivity index (χ3v) is 3.63. The van der Waals surface area contributed by atoms with Crippen molar-refractivity contribution in [1.29, 1.82) is 0 Å². The summed E-state index contributed by atoms with van der Waals surface area (Å²) in [5.41, 5.74) is 0.157. The van der Waals surface area contributed by atoms with E-state index in [4.69, 9.17) is 0 Å². The van der Waals surface area contributed by atoms with Crippen LogP contribution in [0.2, 0.25) is 0 Å². The lowest BCUT2D eigenvalue weighted by Gasteiger charge is -2.30. The van der Waals surface area contributed by atoms with Crippen LogP contribution in [0, 0.1) is 11.3 Å². The largest absolute Gasteiger partial charge is 0.353 e. The van der Waals surface area contributed by atoms with E-state index >= 15 is 0 Å². The first-order valence-corrected chi connectivity index (χ1v) is 6.21. The molecule has 1 saturated carbocycles. The van der Waals surface area contributed by atoms with Gasteiger partial charge < -0.3 is 5.32 Å². The van der Waals surface area contributed by atoms with Gasteiger partial charge in [0, 0.05) is 12.0 Å². The van der Waals surface area contributed by atoms with Crippen LogP contribution in [0.1, 0.15) is 59.8 Å². The molecule has 0 unspecified atom stereocenters. The normalized spacial score (nSPS) is 21.1. The number of carbonyl (C=O) groups is 1. The van der Waals surface area contributed by atoms with Gasteiger partial charge in [0.15, 0.2) is 0 Å². The van der Waals surface area contributed by atoms with Crippen LogP contribution in [0.15, 0.2) is 0 Å². The third kappa shape index (κ3) is 3.84. The van der Waals surface area contributed by atoms with Gasteiger partial charge in [0.1, 0.15) is 0 Å². The lowest BCUT2D eigenvalue weighted by Crippen LogP contribution is -2.44. The first-order valence-electron chi connectivity index (χ1n) is 6.21. The lowest BCUT2D eigenvalue weighted by atomic mass is 9.85. The van der Waals surface area contributed by atoms with Crippen molar-refractivity contribution in [3.05, 3.63) is 0 Å². The van der Waals surface area contributed by atoms with Gasteiger partial charge in [0.25, 0.3) is 0 Å². The van der Waals surface area contributed by atoms with E-state index in [0.29, 0.717) is 0 Å². The van der Waals surface area contributed by atoms with Gasteiger partial charge >= 0.3 is 0 Å². The molecule has 0 radical (unpaired) electrons. The molecule has 0 bridgehead atoms. The monoisotopic (exact) mass is 211 g/mol. The average Bonchev–Trinajstić information content (AvgIpc) is 2.17. The summed E-state index contributed by atoms with van der Waals surface area (Å²) in [6.45, 7) is 8.59. The van der Waals surface area contributed by atoms with Gasteiger partial charge in [-0.3, -0.25) is 4.79 Å². The number of hydrogen-bond acceptors (Lipinski definition) is 1. The highest BCUT2D eigenvalue weighted by atomic mass is 16.1. The molecule has 0 saturated heterocycles. The summed E-state index contributed by atoms with van der Waals surface area (Å²) in [4.78, 5) is 11.9. The molecule has 2 nitrogen and oxygen atoms in total. The number of rotatable bonds is 2. The fraction of sp³-hybridized carbons (Fsp3) is 0.923. The first kappa shape index (κ1) is 12.5. The Morgan fingerprint density at radius 1 is 1.20 bits per heavy atom. The highest BCUT2D eigenvalue weighted by Gasteiger charge is 2.26. The quantitative estimate of drug-likeness (QED) is 0.747. The Kier molecular flexibility index (Phi) is 4.18. The first-order chi connectivity index (χ1) is 6.91. The van der Waals surface area contributed by atoms with Crippen LogP contribution in [0.5, 0.6) is 0 Å². The van der Waals surface area contributed by atoms with Crippen LogP contribution in [-0.4, -0.2) is 11.9 Å². The minimum atomic E-state index is 0.157. The van der Waals surface area contributed by atoms with E-state index < -0.39 is 0 Å². The number of carbonyl (C=O) groups excluding carboxylic acids is 1. The summed E-state index contributed by atoms with van der Waals surface area (Å²) < 4.78 is 0. The molecule has 0 spiro atoms. The molecule has 88 valence electrons. The minimum absolute atomic E-state index is 0.157. The fourth-order valence-electron chi connectivity index (χ4n) is 1.91. The van der Waals surface area contributed by atoms with Crippen molar-refractivity contribution in [2.45, 2.75) is 65.8 Å². The smallest absolute Gasteiger partial charge is 0.223 e. The predicted octanol–water partition coefficient (Wildman–Crippen LogP) is 3.12. The lowest BCUT2D eigenvalue weighted by molar-refractivity contribution is -0.127. The van der Waals surface area contributed by atoms with Gasteiger partial charge in [0.2, 0.25) is 5.91 Å². The van der Waals surface area contributed by atoms with Crippen molar-refractivity contribution >= 4 is 5.91 Å². The van der Waals surface area contributed by atoms with Crippen molar-refractivity contribution in [2.75, 3.05) is 0 Å². The summed E-state index contributed by atoms with van der Waals surface area (Å²) in [6.07, 6.45) is 5.92. The summed E-state index contributed by atoms with van der Waals surface area (Å²) in [5, 5.41) is 3.15. The van der Waals surface area contributed by atoms with E-state index in [9.17, 15) is 4.79 Å². The van der Waals surface area contributed by atoms with E-state index in [2.05, 4.69) is 33.0 Å². The molecule has 1 atom stereocenters. The van der Waals surface area contributed by atoms with E-state index in [1.54, 1.807) is 0 Å². The van der Waals surface area contributed by atoms with E-state index in [-0.39, 0.29) is 23.3 Å². The predicted molar refractivity (Wildman–Crippen MR) is 63.6 cm³/mol. The molecular formula is C13H25NO. The van der Waals surface area contributed by atoms with Gasteiger partial charge in [-0.25, -0.2) is 0 Å². The number of amides is 1. The molecule has 1 rings (SSSR count). The molecule has 1 N–H and O–H groups in total. The molecule has 0 heterocycles. The Labute approximate surface area is 93.8 Å². The van der Waals surface area contributed by atoms with Crippen molar-refractivity contribution in [1.82, 2.24) is 5.32 Å². The molecule has 1 aliphatic carbocycles. The molecular weight excluding hydrogens is 186 g/mol. The molecule has 1 aliphatic rings. The average molecular weight is 211 g/mol. The molecule has 15 heavy (non-hydrogen) atoms. The van der Waals surface area contributed by atoms with Crippen LogP contribution in [0.25, 0.3) is 0 Å². The van der Waals surface area contributed by atoms with Gasteiger partial charge in [-0.1, -0.05) is 40.0 Å². The summed E-state index contributed by atoms with van der Waals surface area (Å²) in [5.74, 6) is 0.556. The topological polar surface area (TPSA) is 29.1 Å². The summed E-state index contributed by atoms with van der Waals surface area (Å²) in [6, 6.07) is 0.256. The Morgan fingerprint density at radius 2 is 1.73 bits per heavy atom. The minimum Gasteiger partial charge on any atom is -0.353 e. The van der Waals surface area contributed by atoms with E-state index in [1.165, 1.54) is 19.3 Å². The number of hydrogen-bond donors (Lipinski definition) is 1. The Hall–Kier alpha value is -0.530. The Morgan fingerprint density at radius 3 is 2.20 bits per heavy atom. The van der Waals surface area contributed by atoms with Crippen molar-refractivity contribution < 1.29 is 4.79 Å². The Balaban J connectivity index is 2.40. The zero-order valence-corrected chi connectivity index (χ0v) is 10.6. The van der Waals surface area contributed by atoms with E-state index in [1.807, 2.05) is 0 Å². The standard InChI is InChI=1S/C13H25NO/c1-10(13(2,3)4)14-12(15)11-8-6-5-7-9-11/h10-11H,5-9H2,1-4H3,(H,14,15)/t10-/m0/s1. The maximum absolute atomic E-state index is 11.9.